The average molecular weight is 391 g/mol. The van der Waals surface area contributed by atoms with E-state index in [0.717, 1.165) is 24.2 Å². The van der Waals surface area contributed by atoms with Crippen LogP contribution in [0.25, 0.3) is 11.3 Å². The summed E-state index contributed by atoms with van der Waals surface area (Å²) in [5.74, 6) is 0.252. The van der Waals surface area contributed by atoms with Gasteiger partial charge in [0.2, 0.25) is 11.9 Å². The third-order valence-corrected chi connectivity index (χ3v) is 5.04. The minimum absolute atomic E-state index is 0.0171. The average Bonchev–Trinajstić information content (AvgIpc) is 3.20. The molecule has 7 heteroatoms. The zero-order valence-corrected chi connectivity index (χ0v) is 16.2. The molecule has 3 aromatic rings. The lowest BCUT2D eigenvalue weighted by Gasteiger charge is -2.17. The molecule has 0 spiro atoms. The largest absolute Gasteiger partial charge is 0.351 e. The number of carbonyl (C=O) groups is 1. The number of anilines is 1. The van der Waals surface area contributed by atoms with Crippen molar-refractivity contribution < 1.29 is 9.18 Å². The van der Waals surface area contributed by atoms with Crippen LogP contribution >= 0.6 is 0 Å². The summed E-state index contributed by atoms with van der Waals surface area (Å²) in [5.41, 5.74) is 3.00. The van der Waals surface area contributed by atoms with Gasteiger partial charge in [0.15, 0.2) is 0 Å². The first kappa shape index (κ1) is 19.0. The third kappa shape index (κ3) is 4.56. The molecule has 29 heavy (non-hydrogen) atoms. The van der Waals surface area contributed by atoms with Crippen molar-refractivity contribution in [3.05, 3.63) is 71.9 Å². The molecule has 1 atom stereocenters. The molecule has 1 fully saturated rings. The molecule has 1 unspecified atom stereocenters. The predicted molar refractivity (Wildman–Crippen MR) is 109 cm³/mol. The van der Waals surface area contributed by atoms with Crippen LogP contribution < -0.4 is 10.2 Å². The first-order chi connectivity index (χ1) is 14.1. The minimum atomic E-state index is -0.284. The van der Waals surface area contributed by atoms with Crippen molar-refractivity contribution in [3.63, 3.8) is 0 Å². The summed E-state index contributed by atoms with van der Waals surface area (Å²) < 4.78 is 13.7. The molecule has 4 rings (SSSR count). The Kier molecular flexibility index (Phi) is 5.46. The second-order valence-corrected chi connectivity index (χ2v) is 7.24. The maximum absolute atomic E-state index is 13.7. The number of hydrogen-bond acceptors (Lipinski definition) is 5. The summed E-state index contributed by atoms with van der Waals surface area (Å²) in [6, 6.07) is 10.6. The maximum Gasteiger partial charge on any atom is 0.225 e. The molecular formula is C22H22FN5O. The number of aromatic nitrogens is 3. The standard InChI is InChI=1S/C22H22FN5O/c1-15-4-5-16(11-19(15)23)12-21(29)26-18-7-10-28(14-18)22-25-9-6-20(27-22)17-3-2-8-24-13-17/h2-6,8-9,11,13,18H,7,10,12,14H2,1H3,(H,26,29). The van der Waals surface area contributed by atoms with Crippen molar-refractivity contribution in [2.45, 2.75) is 25.8 Å². The molecule has 1 amide bonds. The van der Waals surface area contributed by atoms with Crippen molar-refractivity contribution in [2.24, 2.45) is 0 Å². The normalized spacial score (nSPS) is 16.1. The minimum Gasteiger partial charge on any atom is -0.351 e. The smallest absolute Gasteiger partial charge is 0.225 e. The third-order valence-electron chi connectivity index (χ3n) is 5.04. The van der Waals surface area contributed by atoms with Gasteiger partial charge in [0, 0.05) is 43.3 Å². The molecule has 1 aromatic carbocycles. The SMILES string of the molecule is Cc1ccc(CC(=O)NC2CCN(c3nccc(-c4cccnc4)n3)C2)cc1F. The molecule has 148 valence electrons. The number of nitrogens with zero attached hydrogens (tertiary/aromatic N) is 4. The molecular weight excluding hydrogens is 369 g/mol. The Labute approximate surface area is 168 Å². The van der Waals surface area contributed by atoms with Gasteiger partial charge in [-0.05, 0) is 48.7 Å². The molecule has 0 saturated carbocycles. The predicted octanol–water partition coefficient (Wildman–Crippen LogP) is 2.92. The Morgan fingerprint density at radius 1 is 1.28 bits per heavy atom. The van der Waals surface area contributed by atoms with Gasteiger partial charge in [0.1, 0.15) is 5.82 Å². The van der Waals surface area contributed by atoms with Gasteiger partial charge in [0.25, 0.3) is 0 Å². The van der Waals surface area contributed by atoms with Crippen LogP contribution in [0.4, 0.5) is 10.3 Å². The number of halogens is 1. The second-order valence-electron chi connectivity index (χ2n) is 7.24. The number of pyridine rings is 1. The van der Waals surface area contributed by atoms with Gasteiger partial charge in [-0.2, -0.15) is 0 Å². The quantitative estimate of drug-likeness (QED) is 0.724. The lowest BCUT2D eigenvalue weighted by Crippen LogP contribution is -2.38. The maximum atomic E-state index is 13.7. The summed E-state index contributed by atoms with van der Waals surface area (Å²) in [7, 11) is 0. The van der Waals surface area contributed by atoms with E-state index < -0.39 is 0 Å². The van der Waals surface area contributed by atoms with E-state index in [1.165, 1.54) is 6.07 Å². The highest BCUT2D eigenvalue weighted by atomic mass is 19.1. The van der Waals surface area contributed by atoms with Gasteiger partial charge in [0.05, 0.1) is 12.1 Å². The lowest BCUT2D eigenvalue weighted by molar-refractivity contribution is -0.121. The zero-order valence-electron chi connectivity index (χ0n) is 16.2. The van der Waals surface area contributed by atoms with Gasteiger partial charge in [-0.15, -0.1) is 0 Å². The molecule has 1 aliphatic heterocycles. The van der Waals surface area contributed by atoms with Crippen LogP contribution in [0, 0.1) is 12.7 Å². The first-order valence-corrected chi connectivity index (χ1v) is 9.61. The summed E-state index contributed by atoms with van der Waals surface area (Å²) in [5, 5.41) is 3.04. The summed E-state index contributed by atoms with van der Waals surface area (Å²) in [4.78, 5) is 27.6. The van der Waals surface area contributed by atoms with E-state index >= 15 is 0 Å². The number of benzene rings is 1. The van der Waals surface area contributed by atoms with Crippen LogP contribution in [0.2, 0.25) is 0 Å². The molecule has 3 heterocycles. The van der Waals surface area contributed by atoms with Crippen LogP contribution in [0.1, 0.15) is 17.5 Å². The Morgan fingerprint density at radius 3 is 2.97 bits per heavy atom. The van der Waals surface area contributed by atoms with Crippen LogP contribution in [-0.2, 0) is 11.2 Å². The number of aryl methyl sites for hydroxylation is 1. The Balaban J connectivity index is 1.37. The number of amides is 1. The summed E-state index contributed by atoms with van der Waals surface area (Å²) >= 11 is 0. The van der Waals surface area contributed by atoms with Gasteiger partial charge >= 0.3 is 0 Å². The zero-order chi connectivity index (χ0) is 20.2. The summed E-state index contributed by atoms with van der Waals surface area (Å²) in [6.45, 7) is 3.11. The molecule has 1 aliphatic rings. The monoisotopic (exact) mass is 391 g/mol. The molecule has 0 bridgehead atoms. The molecule has 0 aliphatic carbocycles. The van der Waals surface area contributed by atoms with Crippen LogP contribution in [-0.4, -0.2) is 40.0 Å². The highest BCUT2D eigenvalue weighted by Gasteiger charge is 2.26. The number of nitrogens with one attached hydrogen (secondary N) is 1. The first-order valence-electron chi connectivity index (χ1n) is 9.61. The van der Waals surface area contributed by atoms with E-state index in [-0.39, 0.29) is 24.2 Å². The van der Waals surface area contributed by atoms with Crippen LogP contribution in [0.3, 0.4) is 0 Å². The number of hydrogen-bond donors (Lipinski definition) is 1. The van der Waals surface area contributed by atoms with E-state index in [2.05, 4.69) is 25.2 Å². The number of carbonyl (C=O) groups excluding carboxylic acids is 1. The van der Waals surface area contributed by atoms with Gasteiger partial charge < -0.3 is 10.2 Å². The fourth-order valence-corrected chi connectivity index (χ4v) is 3.45. The van der Waals surface area contributed by atoms with Crippen molar-refractivity contribution in [1.29, 1.82) is 0 Å². The van der Waals surface area contributed by atoms with Crippen LogP contribution in [0.5, 0.6) is 0 Å². The van der Waals surface area contributed by atoms with Crippen molar-refractivity contribution in [1.82, 2.24) is 20.3 Å². The molecule has 6 nitrogen and oxygen atoms in total. The Bertz CT molecular complexity index is 1010. The van der Waals surface area contributed by atoms with Gasteiger partial charge in [-0.1, -0.05) is 12.1 Å². The highest BCUT2D eigenvalue weighted by molar-refractivity contribution is 5.79. The fraction of sp³-hybridized carbons (Fsp3) is 0.273. The van der Waals surface area contributed by atoms with Crippen LogP contribution in [0.15, 0.2) is 55.0 Å². The fourth-order valence-electron chi connectivity index (χ4n) is 3.45. The number of rotatable bonds is 5. The topological polar surface area (TPSA) is 71.0 Å². The molecule has 0 radical (unpaired) electrons. The van der Waals surface area contributed by atoms with Crippen molar-refractivity contribution >= 4 is 11.9 Å². The van der Waals surface area contributed by atoms with Crippen molar-refractivity contribution in [3.8, 4) is 11.3 Å². The summed E-state index contributed by atoms with van der Waals surface area (Å²) in [6.07, 6.45) is 6.22. The van der Waals surface area contributed by atoms with Gasteiger partial charge in [-0.3, -0.25) is 9.78 Å². The molecule has 2 aromatic heterocycles. The second kappa shape index (κ2) is 8.34. The van der Waals surface area contributed by atoms with Crippen molar-refractivity contribution in [2.75, 3.05) is 18.0 Å². The van der Waals surface area contributed by atoms with Gasteiger partial charge in [-0.25, -0.2) is 14.4 Å². The Morgan fingerprint density at radius 2 is 2.17 bits per heavy atom. The van der Waals surface area contributed by atoms with E-state index in [9.17, 15) is 9.18 Å². The molecule has 1 saturated heterocycles. The molecule has 1 N–H and O–H groups in total. The van der Waals surface area contributed by atoms with E-state index in [0.29, 0.717) is 23.6 Å². The van der Waals surface area contributed by atoms with E-state index in [1.54, 1.807) is 37.6 Å². The highest BCUT2D eigenvalue weighted by Crippen LogP contribution is 2.21. The lowest BCUT2D eigenvalue weighted by atomic mass is 10.1. The Hall–Kier alpha value is -3.35. The van der Waals surface area contributed by atoms with E-state index in [1.807, 2.05) is 18.2 Å². The van der Waals surface area contributed by atoms with E-state index in [4.69, 9.17) is 0 Å².